The lowest BCUT2D eigenvalue weighted by atomic mass is 10.3. The molecular weight excluding hydrogens is 236 g/mol. The molecule has 0 bridgehead atoms. The van der Waals surface area contributed by atoms with Crippen LogP contribution in [0.4, 0.5) is 5.13 Å². The minimum Gasteiger partial charge on any atom is -0.354 e. The number of anilines is 1. The van der Waals surface area contributed by atoms with Crippen LogP contribution in [0.2, 0.25) is 0 Å². The molecule has 0 saturated carbocycles. The molecule has 0 aromatic carbocycles. The second-order valence-electron chi connectivity index (χ2n) is 2.84. The van der Waals surface area contributed by atoms with E-state index in [1.165, 1.54) is 10.6 Å². The fraction of sp³-hybridized carbons (Fsp3) is 0.625. The minimum absolute atomic E-state index is 1.02. The normalized spacial score (nSPS) is 10.3. The van der Waals surface area contributed by atoms with Crippen molar-refractivity contribution in [1.82, 2.24) is 4.98 Å². The van der Waals surface area contributed by atoms with Crippen LogP contribution in [0, 0.1) is 6.92 Å². The summed E-state index contributed by atoms with van der Waals surface area (Å²) in [6.07, 6.45) is 1.08. The van der Waals surface area contributed by atoms with Gasteiger partial charge >= 0.3 is 0 Å². The van der Waals surface area contributed by atoms with E-state index >= 15 is 0 Å². The lowest BCUT2D eigenvalue weighted by Crippen LogP contribution is -2.07. The van der Waals surface area contributed by atoms with E-state index in [-0.39, 0.29) is 0 Å². The van der Waals surface area contributed by atoms with Crippen molar-refractivity contribution in [1.29, 1.82) is 0 Å². The van der Waals surface area contributed by atoms with Crippen LogP contribution in [-0.4, -0.2) is 24.4 Å². The van der Waals surface area contributed by atoms with Crippen molar-refractivity contribution in [3.63, 3.8) is 0 Å². The van der Waals surface area contributed by atoms with E-state index in [1.807, 2.05) is 14.1 Å². The van der Waals surface area contributed by atoms with Crippen LogP contribution in [0.1, 0.15) is 10.6 Å². The summed E-state index contributed by atoms with van der Waals surface area (Å²) in [4.78, 5) is 7.89. The third-order valence-electron chi connectivity index (χ3n) is 1.59. The van der Waals surface area contributed by atoms with Gasteiger partial charge in [0.1, 0.15) is 0 Å². The molecule has 0 aliphatic rings. The van der Waals surface area contributed by atoms with Gasteiger partial charge in [-0.05, 0) is 13.3 Å². The number of aromatic nitrogens is 1. The maximum Gasteiger partial charge on any atom is 0.185 e. The molecule has 0 saturated heterocycles. The Bertz CT molecular complexity index is 258. The van der Waals surface area contributed by atoms with E-state index in [1.54, 1.807) is 11.3 Å². The SMILES string of the molecule is Cc1nc(N(C)C)sc1CCBr. The van der Waals surface area contributed by atoms with E-state index in [4.69, 9.17) is 0 Å². The van der Waals surface area contributed by atoms with Gasteiger partial charge in [-0.2, -0.15) is 0 Å². The molecule has 1 heterocycles. The highest BCUT2D eigenvalue weighted by Crippen LogP contribution is 2.24. The van der Waals surface area contributed by atoms with Gasteiger partial charge in [0.25, 0.3) is 0 Å². The summed E-state index contributed by atoms with van der Waals surface area (Å²) in [5.74, 6) is 0. The Morgan fingerprint density at radius 1 is 1.50 bits per heavy atom. The molecular formula is C8H13BrN2S. The fourth-order valence-electron chi connectivity index (χ4n) is 0.922. The minimum atomic E-state index is 1.02. The van der Waals surface area contributed by atoms with Crippen molar-refractivity contribution in [2.45, 2.75) is 13.3 Å². The monoisotopic (exact) mass is 248 g/mol. The zero-order valence-corrected chi connectivity index (χ0v) is 10.00. The topological polar surface area (TPSA) is 16.1 Å². The van der Waals surface area contributed by atoms with E-state index in [2.05, 4.69) is 32.7 Å². The molecule has 2 nitrogen and oxygen atoms in total. The third-order valence-corrected chi connectivity index (χ3v) is 3.37. The summed E-state index contributed by atoms with van der Waals surface area (Å²) in [6.45, 7) is 2.07. The number of rotatable bonds is 3. The first kappa shape index (κ1) is 9.99. The number of nitrogens with zero attached hydrogens (tertiary/aromatic N) is 2. The highest BCUT2D eigenvalue weighted by atomic mass is 79.9. The number of thiazole rings is 1. The second-order valence-corrected chi connectivity index (χ2v) is 4.69. The number of hydrogen-bond donors (Lipinski definition) is 0. The Kier molecular flexibility index (Phi) is 3.53. The summed E-state index contributed by atoms with van der Waals surface area (Å²) in [6, 6.07) is 0. The molecule has 0 atom stereocenters. The van der Waals surface area contributed by atoms with Gasteiger partial charge in [-0.3, -0.25) is 0 Å². The second kappa shape index (κ2) is 4.23. The highest BCUT2D eigenvalue weighted by Gasteiger charge is 2.07. The maximum atomic E-state index is 4.45. The predicted molar refractivity (Wildman–Crippen MR) is 58.7 cm³/mol. The Balaban J connectivity index is 2.85. The van der Waals surface area contributed by atoms with Crippen LogP contribution < -0.4 is 4.90 Å². The average Bonchev–Trinajstić information content (AvgIpc) is 2.34. The molecule has 12 heavy (non-hydrogen) atoms. The summed E-state index contributed by atoms with van der Waals surface area (Å²) < 4.78 is 0. The molecule has 0 N–H and O–H groups in total. The van der Waals surface area contributed by atoms with Crippen molar-refractivity contribution in [3.05, 3.63) is 10.6 Å². The van der Waals surface area contributed by atoms with Crippen LogP contribution in [-0.2, 0) is 6.42 Å². The van der Waals surface area contributed by atoms with Crippen molar-refractivity contribution in [2.24, 2.45) is 0 Å². The van der Waals surface area contributed by atoms with Gasteiger partial charge in [-0.15, -0.1) is 11.3 Å². The van der Waals surface area contributed by atoms with E-state index < -0.39 is 0 Å². The third kappa shape index (κ3) is 2.20. The Morgan fingerprint density at radius 3 is 2.58 bits per heavy atom. The maximum absolute atomic E-state index is 4.45. The van der Waals surface area contributed by atoms with E-state index in [0.717, 1.165) is 16.9 Å². The fourth-order valence-corrected chi connectivity index (χ4v) is 2.56. The number of aryl methyl sites for hydroxylation is 2. The van der Waals surface area contributed by atoms with Gasteiger partial charge in [0.05, 0.1) is 5.69 Å². The first-order valence-corrected chi connectivity index (χ1v) is 5.78. The van der Waals surface area contributed by atoms with Gasteiger partial charge in [0.2, 0.25) is 0 Å². The van der Waals surface area contributed by atoms with Crippen LogP contribution in [0.5, 0.6) is 0 Å². The molecule has 4 heteroatoms. The zero-order chi connectivity index (χ0) is 9.14. The zero-order valence-electron chi connectivity index (χ0n) is 7.59. The van der Waals surface area contributed by atoms with Crippen molar-refractivity contribution in [3.8, 4) is 0 Å². The van der Waals surface area contributed by atoms with Crippen molar-refractivity contribution in [2.75, 3.05) is 24.3 Å². The molecule has 0 spiro atoms. The molecule has 1 aromatic rings. The van der Waals surface area contributed by atoms with Crippen molar-refractivity contribution >= 4 is 32.4 Å². The Morgan fingerprint density at radius 2 is 2.17 bits per heavy atom. The Labute approximate surface area is 85.7 Å². The summed E-state index contributed by atoms with van der Waals surface area (Å²) in [5, 5.41) is 2.12. The molecule has 1 aromatic heterocycles. The number of halogens is 1. The summed E-state index contributed by atoms with van der Waals surface area (Å²) >= 11 is 5.21. The van der Waals surface area contributed by atoms with Gasteiger partial charge in [0.15, 0.2) is 5.13 Å². The summed E-state index contributed by atoms with van der Waals surface area (Å²) in [7, 11) is 4.05. The number of alkyl halides is 1. The lowest BCUT2D eigenvalue weighted by Gasteiger charge is -2.05. The van der Waals surface area contributed by atoms with Gasteiger partial charge in [0, 0.05) is 24.3 Å². The number of hydrogen-bond acceptors (Lipinski definition) is 3. The van der Waals surface area contributed by atoms with Crippen molar-refractivity contribution < 1.29 is 0 Å². The first-order valence-electron chi connectivity index (χ1n) is 3.84. The first-order chi connectivity index (χ1) is 5.65. The van der Waals surface area contributed by atoms with E-state index in [0.29, 0.717) is 0 Å². The van der Waals surface area contributed by atoms with Crippen LogP contribution in [0.15, 0.2) is 0 Å². The standard InChI is InChI=1S/C8H13BrN2S/c1-6-7(4-5-9)12-8(10-6)11(2)3/h4-5H2,1-3H3. The van der Waals surface area contributed by atoms with Crippen LogP contribution >= 0.6 is 27.3 Å². The average molecular weight is 249 g/mol. The predicted octanol–water partition coefficient (Wildman–Crippen LogP) is 2.45. The molecule has 0 fully saturated rings. The van der Waals surface area contributed by atoms with Gasteiger partial charge in [-0.1, -0.05) is 15.9 Å². The molecule has 0 aliphatic carbocycles. The Hall–Kier alpha value is -0.0900. The summed E-state index contributed by atoms with van der Waals surface area (Å²) in [5.41, 5.74) is 1.17. The van der Waals surface area contributed by atoms with Gasteiger partial charge < -0.3 is 4.90 Å². The molecule has 0 aliphatic heterocycles. The molecule has 0 amide bonds. The molecule has 68 valence electrons. The van der Waals surface area contributed by atoms with Crippen LogP contribution in [0.3, 0.4) is 0 Å². The quantitative estimate of drug-likeness (QED) is 0.765. The lowest BCUT2D eigenvalue weighted by molar-refractivity contribution is 1.07. The molecule has 0 unspecified atom stereocenters. The highest BCUT2D eigenvalue weighted by molar-refractivity contribution is 9.09. The van der Waals surface area contributed by atoms with Crippen LogP contribution in [0.25, 0.3) is 0 Å². The largest absolute Gasteiger partial charge is 0.354 e. The molecule has 0 radical (unpaired) electrons. The van der Waals surface area contributed by atoms with Gasteiger partial charge in [-0.25, -0.2) is 4.98 Å². The molecule has 1 rings (SSSR count). The van der Waals surface area contributed by atoms with E-state index in [9.17, 15) is 0 Å². The smallest absolute Gasteiger partial charge is 0.185 e.